The van der Waals surface area contributed by atoms with Crippen LogP contribution in [0.5, 0.6) is 5.75 Å². The Balaban J connectivity index is 1.69. The number of rotatable bonds is 5. The third kappa shape index (κ3) is 3.50. The normalized spacial score (nSPS) is 17.0. The second kappa shape index (κ2) is 6.96. The molecule has 2 heterocycles. The lowest BCUT2D eigenvalue weighted by molar-refractivity contribution is -0.126. The Bertz CT molecular complexity index is 799. The lowest BCUT2D eigenvalue weighted by Gasteiger charge is -2.20. The molecule has 1 aliphatic heterocycles. The zero-order valence-electron chi connectivity index (χ0n) is 14.7. The monoisotopic (exact) mass is 342 g/mol. The van der Waals surface area contributed by atoms with Gasteiger partial charge in [0, 0.05) is 26.2 Å². The summed E-state index contributed by atoms with van der Waals surface area (Å²) < 4.78 is 7.07. The molecule has 7 nitrogen and oxygen atoms in total. The number of benzene rings is 1. The summed E-state index contributed by atoms with van der Waals surface area (Å²) in [6.45, 7) is 2.71. The molecule has 1 atom stereocenters. The second-order valence-electron chi connectivity index (χ2n) is 6.24. The number of carbonyl (C=O) groups is 2. The molecule has 1 aliphatic rings. The van der Waals surface area contributed by atoms with E-state index in [0.717, 1.165) is 16.9 Å². The summed E-state index contributed by atoms with van der Waals surface area (Å²) in [5.74, 6) is 0.0779. The van der Waals surface area contributed by atoms with Crippen LogP contribution in [0.3, 0.4) is 0 Å². The average molecular weight is 342 g/mol. The minimum absolute atomic E-state index is 0.0652. The molecule has 0 saturated carbocycles. The molecule has 2 amide bonds. The topological polar surface area (TPSA) is 76.5 Å². The lowest BCUT2D eigenvalue weighted by Crippen LogP contribution is -2.33. The molecule has 7 heteroatoms. The highest BCUT2D eigenvalue weighted by Crippen LogP contribution is 2.33. The Morgan fingerprint density at radius 2 is 2.20 bits per heavy atom. The first-order valence-electron chi connectivity index (χ1n) is 8.19. The smallest absolute Gasteiger partial charge is 0.227 e. The predicted octanol–water partition coefficient (Wildman–Crippen LogP) is 1.41. The summed E-state index contributed by atoms with van der Waals surface area (Å²) in [6, 6.07) is 7.53. The Morgan fingerprint density at radius 3 is 2.88 bits per heavy atom. The predicted molar refractivity (Wildman–Crippen MR) is 93.2 cm³/mol. The lowest BCUT2D eigenvalue weighted by atomic mass is 10.1. The second-order valence-corrected chi connectivity index (χ2v) is 6.24. The molecule has 25 heavy (non-hydrogen) atoms. The van der Waals surface area contributed by atoms with Gasteiger partial charge < -0.3 is 15.0 Å². The van der Waals surface area contributed by atoms with Gasteiger partial charge in [-0.1, -0.05) is 6.07 Å². The van der Waals surface area contributed by atoms with Crippen molar-refractivity contribution < 1.29 is 14.3 Å². The van der Waals surface area contributed by atoms with Crippen LogP contribution in [-0.4, -0.2) is 35.2 Å². The molecule has 0 spiro atoms. The third-order valence-electron chi connectivity index (χ3n) is 4.49. The third-order valence-corrected chi connectivity index (χ3v) is 4.49. The van der Waals surface area contributed by atoms with Gasteiger partial charge in [-0.2, -0.15) is 5.10 Å². The zero-order valence-corrected chi connectivity index (χ0v) is 14.7. The maximum absolute atomic E-state index is 12.4. The number of carbonyl (C=O) groups excluding carboxylic acids is 2. The van der Waals surface area contributed by atoms with Crippen molar-refractivity contribution in [3.63, 3.8) is 0 Å². The van der Waals surface area contributed by atoms with Gasteiger partial charge in [-0.15, -0.1) is 0 Å². The molecule has 2 aromatic rings. The molecule has 1 saturated heterocycles. The minimum atomic E-state index is -0.369. The van der Waals surface area contributed by atoms with Gasteiger partial charge in [0.05, 0.1) is 31.0 Å². The molecule has 1 aromatic heterocycles. The quantitative estimate of drug-likeness (QED) is 0.891. The molecule has 1 fully saturated rings. The van der Waals surface area contributed by atoms with E-state index in [9.17, 15) is 9.59 Å². The fourth-order valence-corrected chi connectivity index (χ4v) is 3.02. The highest BCUT2D eigenvalue weighted by Gasteiger charge is 2.36. The minimum Gasteiger partial charge on any atom is -0.495 e. The molecule has 0 radical (unpaired) electrons. The number of aryl methyl sites for hydroxylation is 2. The number of methoxy groups -OCH3 is 1. The van der Waals surface area contributed by atoms with Crippen LogP contribution >= 0.6 is 0 Å². The van der Waals surface area contributed by atoms with Crippen LogP contribution in [0.4, 0.5) is 5.69 Å². The van der Waals surface area contributed by atoms with Crippen LogP contribution in [0.15, 0.2) is 30.5 Å². The highest BCUT2D eigenvalue weighted by atomic mass is 16.5. The fraction of sp³-hybridized carbons (Fsp3) is 0.389. The molecule has 3 rings (SSSR count). The number of anilines is 1. The van der Waals surface area contributed by atoms with Gasteiger partial charge in [0.25, 0.3) is 0 Å². The largest absolute Gasteiger partial charge is 0.495 e. The highest BCUT2D eigenvalue weighted by molar-refractivity contribution is 6.01. The van der Waals surface area contributed by atoms with Gasteiger partial charge in [0.15, 0.2) is 0 Å². The van der Waals surface area contributed by atoms with Crippen molar-refractivity contribution in [2.24, 2.45) is 13.0 Å². The van der Waals surface area contributed by atoms with E-state index in [2.05, 4.69) is 10.4 Å². The van der Waals surface area contributed by atoms with Crippen molar-refractivity contribution in [2.75, 3.05) is 18.6 Å². The van der Waals surface area contributed by atoms with E-state index in [1.54, 1.807) is 22.9 Å². The van der Waals surface area contributed by atoms with Crippen LogP contribution in [0.2, 0.25) is 0 Å². The van der Waals surface area contributed by atoms with Crippen LogP contribution in [-0.2, 0) is 23.2 Å². The van der Waals surface area contributed by atoms with Crippen molar-refractivity contribution in [1.82, 2.24) is 15.1 Å². The summed E-state index contributed by atoms with van der Waals surface area (Å²) in [5, 5.41) is 6.96. The number of amides is 2. The number of aromatic nitrogens is 2. The maximum Gasteiger partial charge on any atom is 0.227 e. The first-order valence-corrected chi connectivity index (χ1v) is 8.19. The van der Waals surface area contributed by atoms with Gasteiger partial charge in [-0.05, 0) is 30.7 Å². The van der Waals surface area contributed by atoms with Crippen LogP contribution in [0.25, 0.3) is 0 Å². The standard InChI is InChI=1S/C18H22N4O3/c1-12-4-5-16(25-3)15(8-12)22-11-13(9-17(22)23)18(24)19-10-14-6-7-20-21(14)2/h4-8,13H,9-11H2,1-3H3,(H,19,24)/t13-/m0/s1. The van der Waals surface area contributed by atoms with Crippen LogP contribution in [0.1, 0.15) is 17.7 Å². The number of hydrogen-bond acceptors (Lipinski definition) is 4. The van der Waals surface area contributed by atoms with Crippen molar-refractivity contribution >= 4 is 17.5 Å². The molecule has 1 N–H and O–H groups in total. The van der Waals surface area contributed by atoms with E-state index in [1.807, 2.05) is 38.2 Å². The van der Waals surface area contributed by atoms with E-state index in [-0.39, 0.29) is 24.2 Å². The van der Waals surface area contributed by atoms with Gasteiger partial charge in [-0.25, -0.2) is 0 Å². The molecule has 0 bridgehead atoms. The fourth-order valence-electron chi connectivity index (χ4n) is 3.02. The first-order chi connectivity index (χ1) is 12.0. The van der Waals surface area contributed by atoms with E-state index in [1.165, 1.54) is 0 Å². The molecule has 132 valence electrons. The maximum atomic E-state index is 12.4. The van der Waals surface area contributed by atoms with Gasteiger partial charge in [0.2, 0.25) is 11.8 Å². The average Bonchev–Trinajstić information content (AvgIpc) is 3.18. The number of ether oxygens (including phenoxy) is 1. The zero-order chi connectivity index (χ0) is 18.0. The summed E-state index contributed by atoms with van der Waals surface area (Å²) in [5.41, 5.74) is 2.66. The SMILES string of the molecule is COc1ccc(C)cc1N1C[C@@H](C(=O)NCc2ccnn2C)CC1=O. The van der Waals surface area contributed by atoms with E-state index in [4.69, 9.17) is 4.74 Å². The number of nitrogens with zero attached hydrogens (tertiary/aromatic N) is 3. The van der Waals surface area contributed by atoms with Crippen molar-refractivity contribution in [3.8, 4) is 5.75 Å². The van der Waals surface area contributed by atoms with E-state index in [0.29, 0.717) is 18.8 Å². The van der Waals surface area contributed by atoms with Crippen molar-refractivity contribution in [1.29, 1.82) is 0 Å². The van der Waals surface area contributed by atoms with Crippen LogP contribution < -0.4 is 15.0 Å². The van der Waals surface area contributed by atoms with E-state index >= 15 is 0 Å². The van der Waals surface area contributed by atoms with Gasteiger partial charge in [-0.3, -0.25) is 14.3 Å². The Morgan fingerprint density at radius 1 is 1.40 bits per heavy atom. The number of nitrogens with one attached hydrogen (secondary N) is 1. The molecule has 0 unspecified atom stereocenters. The molecule has 0 aliphatic carbocycles. The Kier molecular flexibility index (Phi) is 4.74. The molecule has 1 aromatic carbocycles. The van der Waals surface area contributed by atoms with Crippen molar-refractivity contribution in [3.05, 3.63) is 41.7 Å². The number of hydrogen-bond donors (Lipinski definition) is 1. The molecular formula is C18H22N4O3. The van der Waals surface area contributed by atoms with Gasteiger partial charge >= 0.3 is 0 Å². The van der Waals surface area contributed by atoms with Crippen LogP contribution in [0, 0.1) is 12.8 Å². The summed E-state index contributed by atoms with van der Waals surface area (Å²) in [6.07, 6.45) is 1.89. The summed E-state index contributed by atoms with van der Waals surface area (Å²) >= 11 is 0. The Labute approximate surface area is 146 Å². The Hall–Kier alpha value is -2.83. The van der Waals surface area contributed by atoms with Gasteiger partial charge in [0.1, 0.15) is 5.75 Å². The van der Waals surface area contributed by atoms with Crippen molar-refractivity contribution in [2.45, 2.75) is 19.9 Å². The molecular weight excluding hydrogens is 320 g/mol. The first kappa shape index (κ1) is 17.0. The summed E-state index contributed by atoms with van der Waals surface area (Å²) in [4.78, 5) is 26.5. The summed E-state index contributed by atoms with van der Waals surface area (Å²) in [7, 11) is 3.40. The van der Waals surface area contributed by atoms with E-state index < -0.39 is 0 Å².